The number of pyridine rings is 1. The van der Waals surface area contributed by atoms with Gasteiger partial charge >= 0.3 is 5.97 Å². The first-order chi connectivity index (χ1) is 12.9. The Kier molecular flexibility index (Phi) is 4.74. The number of allylic oxidation sites excluding steroid dienone is 2. The molecule has 0 saturated heterocycles. The smallest absolute Gasteiger partial charge is 0.338 e. The highest BCUT2D eigenvalue weighted by Gasteiger charge is 2.37. The minimum Gasteiger partial charge on any atom is -0.463 e. The predicted molar refractivity (Wildman–Crippen MR) is 99.3 cm³/mol. The summed E-state index contributed by atoms with van der Waals surface area (Å²) in [7, 11) is 0. The largest absolute Gasteiger partial charge is 0.463 e. The lowest BCUT2D eigenvalue weighted by molar-refractivity contribution is -0.139. The molecule has 2 aromatic rings. The highest BCUT2D eigenvalue weighted by atomic mass is 16.5. The molecular formula is C20H19N3O4. The maximum absolute atomic E-state index is 12.8. The molecule has 0 bridgehead atoms. The average Bonchev–Trinajstić information content (AvgIpc) is 2.61. The number of aromatic amines is 1. The second-order valence-electron chi connectivity index (χ2n) is 6.26. The van der Waals surface area contributed by atoms with Crippen LogP contribution in [0.2, 0.25) is 0 Å². The Hall–Kier alpha value is -3.53. The SMILES string of the molecule is CCOC(=O)C1=C(C)OC(N)=C(C#N)[C@H]1c1cc2cc(C)ccc2[nH]c1=O. The van der Waals surface area contributed by atoms with Crippen LogP contribution in [-0.4, -0.2) is 17.6 Å². The molecule has 0 aliphatic carbocycles. The quantitative estimate of drug-likeness (QED) is 0.807. The number of nitriles is 1. The molecule has 1 aromatic heterocycles. The van der Waals surface area contributed by atoms with Crippen LogP contribution in [0.3, 0.4) is 0 Å². The van der Waals surface area contributed by atoms with Gasteiger partial charge in [-0.05, 0) is 44.4 Å². The van der Waals surface area contributed by atoms with Crippen molar-refractivity contribution in [3.8, 4) is 6.07 Å². The lowest BCUT2D eigenvalue weighted by atomic mass is 9.83. The zero-order chi connectivity index (χ0) is 19.7. The van der Waals surface area contributed by atoms with Crippen molar-refractivity contribution >= 4 is 16.9 Å². The fourth-order valence-electron chi connectivity index (χ4n) is 3.22. The first-order valence-electron chi connectivity index (χ1n) is 8.46. The van der Waals surface area contributed by atoms with E-state index >= 15 is 0 Å². The van der Waals surface area contributed by atoms with Crippen LogP contribution in [0.1, 0.15) is 30.9 Å². The van der Waals surface area contributed by atoms with Crippen LogP contribution >= 0.6 is 0 Å². The fraction of sp³-hybridized carbons (Fsp3) is 0.250. The van der Waals surface area contributed by atoms with Gasteiger partial charge in [-0.2, -0.15) is 5.26 Å². The van der Waals surface area contributed by atoms with Crippen LogP contribution in [0.25, 0.3) is 10.9 Å². The number of H-pyrrole nitrogens is 1. The molecule has 0 unspecified atom stereocenters. The zero-order valence-electron chi connectivity index (χ0n) is 15.3. The van der Waals surface area contributed by atoms with Gasteiger partial charge in [0.05, 0.1) is 18.1 Å². The molecule has 1 aromatic carbocycles. The Labute approximate surface area is 155 Å². The average molecular weight is 365 g/mol. The molecule has 3 rings (SSSR count). The fourth-order valence-corrected chi connectivity index (χ4v) is 3.22. The summed E-state index contributed by atoms with van der Waals surface area (Å²) < 4.78 is 10.5. The van der Waals surface area contributed by atoms with Gasteiger partial charge in [-0.15, -0.1) is 0 Å². The number of esters is 1. The van der Waals surface area contributed by atoms with Crippen molar-refractivity contribution < 1.29 is 14.3 Å². The third-order valence-electron chi connectivity index (χ3n) is 4.44. The van der Waals surface area contributed by atoms with Gasteiger partial charge in [0.25, 0.3) is 5.56 Å². The molecule has 138 valence electrons. The number of hydrogen-bond donors (Lipinski definition) is 2. The molecular weight excluding hydrogens is 346 g/mol. The first-order valence-corrected chi connectivity index (χ1v) is 8.46. The van der Waals surface area contributed by atoms with Gasteiger partial charge in [0.15, 0.2) is 0 Å². The monoisotopic (exact) mass is 365 g/mol. The maximum Gasteiger partial charge on any atom is 0.338 e. The topological polar surface area (TPSA) is 118 Å². The molecule has 7 nitrogen and oxygen atoms in total. The first kappa shape index (κ1) is 18.3. The molecule has 2 heterocycles. The van der Waals surface area contributed by atoms with E-state index in [0.717, 1.165) is 10.9 Å². The number of rotatable bonds is 3. The summed E-state index contributed by atoms with van der Waals surface area (Å²) in [5, 5.41) is 10.4. The third-order valence-corrected chi connectivity index (χ3v) is 4.44. The Bertz CT molecular complexity index is 1100. The molecule has 0 amide bonds. The molecule has 7 heteroatoms. The van der Waals surface area contributed by atoms with Crippen molar-refractivity contribution in [2.24, 2.45) is 5.73 Å². The van der Waals surface area contributed by atoms with E-state index < -0.39 is 17.4 Å². The summed E-state index contributed by atoms with van der Waals surface area (Å²) in [6.45, 7) is 5.31. The Balaban J connectivity index is 2.29. The van der Waals surface area contributed by atoms with Crippen LogP contribution in [0.15, 0.2) is 51.8 Å². The highest BCUT2D eigenvalue weighted by molar-refractivity contribution is 5.93. The molecule has 0 saturated carbocycles. The molecule has 0 fully saturated rings. The van der Waals surface area contributed by atoms with E-state index in [0.29, 0.717) is 5.52 Å². The Morgan fingerprint density at radius 3 is 2.78 bits per heavy atom. The predicted octanol–water partition coefficient (Wildman–Crippen LogP) is 2.48. The van der Waals surface area contributed by atoms with E-state index in [1.807, 2.05) is 31.2 Å². The van der Waals surface area contributed by atoms with Crippen LogP contribution in [0, 0.1) is 18.3 Å². The van der Waals surface area contributed by atoms with E-state index in [2.05, 4.69) is 4.98 Å². The summed E-state index contributed by atoms with van der Waals surface area (Å²) in [5.74, 6) is -1.53. The number of hydrogen-bond acceptors (Lipinski definition) is 6. The van der Waals surface area contributed by atoms with Gasteiger partial charge in [0, 0.05) is 11.1 Å². The van der Waals surface area contributed by atoms with Gasteiger partial charge < -0.3 is 20.2 Å². The Morgan fingerprint density at radius 2 is 2.11 bits per heavy atom. The number of nitrogens with one attached hydrogen (secondary N) is 1. The van der Waals surface area contributed by atoms with E-state index in [4.69, 9.17) is 15.2 Å². The van der Waals surface area contributed by atoms with Crippen LogP contribution < -0.4 is 11.3 Å². The number of benzene rings is 1. The minimum absolute atomic E-state index is 0.00107. The number of aromatic nitrogens is 1. The lowest BCUT2D eigenvalue weighted by Crippen LogP contribution is -2.29. The van der Waals surface area contributed by atoms with Crippen LogP contribution in [0.5, 0.6) is 0 Å². The molecule has 0 spiro atoms. The highest BCUT2D eigenvalue weighted by Crippen LogP contribution is 2.38. The van der Waals surface area contributed by atoms with Crippen LogP contribution in [0.4, 0.5) is 0 Å². The van der Waals surface area contributed by atoms with Gasteiger partial charge in [-0.1, -0.05) is 11.6 Å². The second-order valence-corrected chi connectivity index (χ2v) is 6.26. The number of fused-ring (bicyclic) bond motifs is 1. The summed E-state index contributed by atoms with van der Waals surface area (Å²) in [6.07, 6.45) is 0. The van der Waals surface area contributed by atoms with E-state index in [1.54, 1.807) is 19.9 Å². The number of nitrogens with two attached hydrogens (primary N) is 1. The summed E-state index contributed by atoms with van der Waals surface area (Å²) >= 11 is 0. The van der Waals surface area contributed by atoms with Crippen molar-refractivity contribution in [3.05, 3.63) is 68.5 Å². The van der Waals surface area contributed by atoms with E-state index in [9.17, 15) is 14.9 Å². The maximum atomic E-state index is 12.8. The summed E-state index contributed by atoms with van der Waals surface area (Å²) in [4.78, 5) is 28.1. The third kappa shape index (κ3) is 3.17. The van der Waals surface area contributed by atoms with Gasteiger partial charge in [0.1, 0.15) is 17.4 Å². The van der Waals surface area contributed by atoms with E-state index in [1.165, 1.54) is 0 Å². The zero-order valence-corrected chi connectivity index (χ0v) is 15.3. The van der Waals surface area contributed by atoms with Gasteiger partial charge in [-0.3, -0.25) is 4.79 Å². The molecule has 1 atom stereocenters. The second kappa shape index (κ2) is 7.00. The Morgan fingerprint density at radius 1 is 1.37 bits per heavy atom. The van der Waals surface area contributed by atoms with Gasteiger partial charge in [0.2, 0.25) is 5.88 Å². The number of aryl methyl sites for hydroxylation is 1. The van der Waals surface area contributed by atoms with E-state index in [-0.39, 0.29) is 35.0 Å². The molecule has 0 radical (unpaired) electrons. The normalized spacial score (nSPS) is 16.9. The number of nitrogens with zero attached hydrogens (tertiary/aromatic N) is 1. The van der Waals surface area contributed by atoms with Crippen molar-refractivity contribution in [2.75, 3.05) is 6.61 Å². The molecule has 3 N–H and O–H groups in total. The lowest BCUT2D eigenvalue weighted by Gasteiger charge is -2.26. The summed E-state index contributed by atoms with van der Waals surface area (Å²) in [6, 6.07) is 9.25. The number of ether oxygens (including phenoxy) is 2. The van der Waals surface area contributed by atoms with Gasteiger partial charge in [-0.25, -0.2) is 4.79 Å². The molecule has 27 heavy (non-hydrogen) atoms. The van der Waals surface area contributed by atoms with Crippen molar-refractivity contribution in [1.82, 2.24) is 4.98 Å². The summed E-state index contributed by atoms with van der Waals surface area (Å²) in [5.41, 5.74) is 7.47. The number of carbonyl (C=O) groups excluding carboxylic acids is 1. The molecule has 1 aliphatic heterocycles. The van der Waals surface area contributed by atoms with Crippen LogP contribution in [-0.2, 0) is 14.3 Å². The van der Waals surface area contributed by atoms with Crippen molar-refractivity contribution in [1.29, 1.82) is 5.26 Å². The standard InChI is InChI=1S/C20H19N3O4/c1-4-26-20(25)16-11(3)27-18(22)14(9-21)17(16)13-8-12-7-10(2)5-6-15(12)23-19(13)24/h5-8,17H,4,22H2,1-3H3,(H,23,24)/t17-/m1/s1. The number of carbonyl (C=O) groups is 1. The minimum atomic E-state index is -0.962. The van der Waals surface area contributed by atoms with Crippen molar-refractivity contribution in [2.45, 2.75) is 26.7 Å². The van der Waals surface area contributed by atoms with Crippen molar-refractivity contribution in [3.63, 3.8) is 0 Å². The molecule has 1 aliphatic rings.